The van der Waals surface area contributed by atoms with Gasteiger partial charge in [0.05, 0.1) is 0 Å². The first-order valence-electron chi connectivity index (χ1n) is 13.9. The van der Waals surface area contributed by atoms with E-state index >= 15 is 0 Å². The van der Waals surface area contributed by atoms with Crippen molar-refractivity contribution in [1.29, 1.82) is 0 Å². The summed E-state index contributed by atoms with van der Waals surface area (Å²) in [5, 5.41) is 4.23. The lowest BCUT2D eigenvalue weighted by Gasteiger charge is -2.43. The van der Waals surface area contributed by atoms with Crippen LogP contribution in [0.5, 0.6) is 0 Å². The summed E-state index contributed by atoms with van der Waals surface area (Å²) in [5.41, 5.74) is 5.85. The summed E-state index contributed by atoms with van der Waals surface area (Å²) in [7, 11) is 0. The second-order valence-electron chi connectivity index (χ2n) is 10.4. The molecule has 0 saturated carbocycles. The van der Waals surface area contributed by atoms with Gasteiger partial charge in [-0.3, -0.25) is 9.80 Å². The Balaban J connectivity index is 1.22. The molecule has 4 rings (SSSR count). The molecule has 5 nitrogen and oxygen atoms in total. The van der Waals surface area contributed by atoms with E-state index in [1.165, 1.54) is 29.5 Å². The third-order valence-corrected chi connectivity index (χ3v) is 8.12. The summed E-state index contributed by atoms with van der Waals surface area (Å²) < 4.78 is 0. The van der Waals surface area contributed by atoms with Gasteiger partial charge in [-0.2, -0.15) is 0 Å². The molecule has 0 atom stereocenters. The van der Waals surface area contributed by atoms with Crippen LogP contribution in [0.15, 0.2) is 101 Å². The summed E-state index contributed by atoms with van der Waals surface area (Å²) in [4.78, 5) is 12.4. The molecular formula is C32H41Cl2N5. The number of piperazine rings is 1. The Morgan fingerprint density at radius 1 is 1.05 bits per heavy atom. The van der Waals surface area contributed by atoms with E-state index in [2.05, 4.69) is 70.0 Å². The first-order chi connectivity index (χ1) is 19.0. The number of aliphatic imine (C=N–C) groups is 1. The van der Waals surface area contributed by atoms with Gasteiger partial charge in [-0.1, -0.05) is 72.3 Å². The van der Waals surface area contributed by atoms with E-state index in [0.29, 0.717) is 6.04 Å². The van der Waals surface area contributed by atoms with Crippen LogP contribution in [0.4, 0.5) is 0 Å². The Hall–Kier alpha value is -2.57. The lowest BCUT2D eigenvalue weighted by Crippen LogP contribution is -2.53. The maximum atomic E-state index is 6.03. The zero-order valence-electron chi connectivity index (χ0n) is 23.0. The molecule has 2 fully saturated rings. The van der Waals surface area contributed by atoms with Crippen LogP contribution in [-0.4, -0.2) is 72.4 Å². The number of hydrogen-bond acceptors (Lipinski definition) is 4. The van der Waals surface area contributed by atoms with Gasteiger partial charge in [-0.25, -0.2) is 4.99 Å². The molecule has 1 aromatic carbocycles. The third-order valence-electron chi connectivity index (χ3n) is 7.75. The lowest BCUT2D eigenvalue weighted by atomic mass is 10.0. The summed E-state index contributed by atoms with van der Waals surface area (Å²) in [5.74, 6) is 1.03. The summed E-state index contributed by atoms with van der Waals surface area (Å²) in [6.07, 6.45) is 17.6. The predicted octanol–water partition coefficient (Wildman–Crippen LogP) is 6.52. The van der Waals surface area contributed by atoms with Crippen molar-refractivity contribution in [3.63, 3.8) is 0 Å². The Morgan fingerprint density at radius 3 is 2.51 bits per heavy atom. The Morgan fingerprint density at radius 2 is 1.79 bits per heavy atom. The Bertz CT molecular complexity index is 1130. The molecule has 1 aromatic rings. The number of halogens is 2. The molecule has 3 aliphatic rings. The van der Waals surface area contributed by atoms with Crippen LogP contribution in [0.3, 0.4) is 0 Å². The average molecular weight is 567 g/mol. The van der Waals surface area contributed by atoms with Crippen LogP contribution in [0.25, 0.3) is 0 Å². The zero-order valence-corrected chi connectivity index (χ0v) is 24.5. The molecule has 39 heavy (non-hydrogen) atoms. The minimum Gasteiger partial charge on any atom is -0.381 e. The van der Waals surface area contributed by atoms with Crippen molar-refractivity contribution in [2.75, 3.05) is 45.8 Å². The van der Waals surface area contributed by atoms with Crippen molar-refractivity contribution in [2.24, 2.45) is 4.99 Å². The maximum Gasteiger partial charge on any atom is 0.101 e. The van der Waals surface area contributed by atoms with E-state index in [1.54, 1.807) is 0 Å². The molecule has 0 unspecified atom stereocenters. The third kappa shape index (κ3) is 9.25. The molecule has 1 aliphatic carbocycles. The molecule has 2 aliphatic heterocycles. The second kappa shape index (κ2) is 15.3. The van der Waals surface area contributed by atoms with Gasteiger partial charge in [0.1, 0.15) is 5.84 Å². The molecule has 1 N–H and O–H groups in total. The van der Waals surface area contributed by atoms with Gasteiger partial charge >= 0.3 is 0 Å². The molecule has 0 bridgehead atoms. The van der Waals surface area contributed by atoms with Crippen molar-refractivity contribution in [2.45, 2.75) is 38.8 Å². The largest absolute Gasteiger partial charge is 0.381 e. The van der Waals surface area contributed by atoms with E-state index in [9.17, 15) is 0 Å². The monoisotopic (exact) mass is 565 g/mol. The fraction of sp³-hybridized carbons (Fsp3) is 0.406. The number of nitrogens with zero attached hydrogens (tertiary/aromatic N) is 4. The topological polar surface area (TPSA) is 34.1 Å². The SMILES string of the molecule is C=C(NCC1=CC=CC=CC1)C(/C=C/Cl)=C/N=C(C)N1CCN(C2CCN(Cc3ccc(Cl)cc3)CC2)CC1. The zero-order chi connectivity index (χ0) is 27.5. The van der Waals surface area contributed by atoms with Crippen LogP contribution in [0, 0.1) is 0 Å². The van der Waals surface area contributed by atoms with Crippen molar-refractivity contribution in [1.82, 2.24) is 20.0 Å². The maximum absolute atomic E-state index is 6.03. The normalized spacial score (nSPS) is 20.4. The van der Waals surface area contributed by atoms with Crippen LogP contribution in [-0.2, 0) is 6.54 Å². The highest BCUT2D eigenvalue weighted by atomic mass is 35.5. The number of allylic oxidation sites excluding steroid dienone is 6. The number of rotatable bonds is 9. The highest BCUT2D eigenvalue weighted by Crippen LogP contribution is 2.21. The van der Waals surface area contributed by atoms with Crippen molar-refractivity contribution in [3.05, 3.63) is 106 Å². The first-order valence-corrected chi connectivity index (χ1v) is 14.7. The Labute approximate surface area is 244 Å². The van der Waals surface area contributed by atoms with Crippen LogP contribution < -0.4 is 5.32 Å². The number of piperidine rings is 1. The first kappa shape index (κ1) is 29.4. The van der Waals surface area contributed by atoms with Gasteiger partial charge in [0.15, 0.2) is 0 Å². The lowest BCUT2D eigenvalue weighted by molar-refractivity contribution is 0.0758. The predicted molar refractivity (Wildman–Crippen MR) is 167 cm³/mol. The number of likely N-dealkylation sites (tertiary alicyclic amines) is 1. The van der Waals surface area contributed by atoms with E-state index in [-0.39, 0.29) is 0 Å². The molecule has 7 heteroatoms. The minimum atomic E-state index is 0.676. The van der Waals surface area contributed by atoms with Gasteiger partial charge in [0.25, 0.3) is 0 Å². The quantitative estimate of drug-likeness (QED) is 0.210. The van der Waals surface area contributed by atoms with Gasteiger partial charge in [0, 0.05) is 73.3 Å². The van der Waals surface area contributed by atoms with Gasteiger partial charge < -0.3 is 10.2 Å². The molecule has 0 amide bonds. The van der Waals surface area contributed by atoms with Crippen molar-refractivity contribution in [3.8, 4) is 0 Å². The summed E-state index contributed by atoms with van der Waals surface area (Å²) in [6.45, 7) is 14.5. The van der Waals surface area contributed by atoms with Gasteiger partial charge in [0.2, 0.25) is 0 Å². The van der Waals surface area contributed by atoms with Crippen LogP contribution >= 0.6 is 23.2 Å². The van der Waals surface area contributed by atoms with Crippen molar-refractivity contribution >= 4 is 29.0 Å². The van der Waals surface area contributed by atoms with E-state index in [1.807, 2.05) is 30.5 Å². The van der Waals surface area contributed by atoms with E-state index in [0.717, 1.165) is 80.9 Å². The van der Waals surface area contributed by atoms with Crippen molar-refractivity contribution < 1.29 is 0 Å². The number of benzene rings is 1. The second-order valence-corrected chi connectivity index (χ2v) is 11.1. The van der Waals surface area contributed by atoms with Crippen LogP contribution in [0.1, 0.15) is 31.7 Å². The fourth-order valence-electron chi connectivity index (χ4n) is 5.31. The fourth-order valence-corrected chi connectivity index (χ4v) is 5.57. The van der Waals surface area contributed by atoms with Gasteiger partial charge in [-0.15, -0.1) is 0 Å². The van der Waals surface area contributed by atoms with Crippen LogP contribution in [0.2, 0.25) is 5.02 Å². The number of hydrogen-bond donors (Lipinski definition) is 1. The van der Waals surface area contributed by atoms with Gasteiger partial charge in [-0.05, 0) is 68.6 Å². The smallest absolute Gasteiger partial charge is 0.101 e. The van der Waals surface area contributed by atoms with E-state index in [4.69, 9.17) is 28.2 Å². The molecule has 2 saturated heterocycles. The standard InChI is InChI=1S/C32H41Cl2N5/c1-26(35-23-28-7-5-3-4-6-8-28)30(13-16-33)24-36-27(2)38-19-21-39(22-20-38)32-14-17-37(18-15-32)25-29-9-11-31(34)12-10-29/h3-7,9-13,16,24,32,35H,1,8,14-15,17-23,25H2,2H3/b16-13+,30-24+,36-27?. The number of amidine groups is 1. The highest BCUT2D eigenvalue weighted by Gasteiger charge is 2.27. The Kier molecular flexibility index (Phi) is 11.5. The molecule has 0 radical (unpaired) electrons. The summed E-state index contributed by atoms with van der Waals surface area (Å²) in [6, 6.07) is 8.93. The minimum absolute atomic E-state index is 0.676. The molecular weight excluding hydrogens is 525 g/mol. The molecule has 0 spiro atoms. The molecule has 0 aromatic heterocycles. The molecule has 2 heterocycles. The van der Waals surface area contributed by atoms with E-state index < -0.39 is 0 Å². The number of nitrogens with one attached hydrogen (secondary N) is 1. The highest BCUT2D eigenvalue weighted by molar-refractivity contribution is 6.30. The average Bonchev–Trinajstić information content (AvgIpc) is 3.24. The summed E-state index contributed by atoms with van der Waals surface area (Å²) >= 11 is 12.0. The molecule has 208 valence electrons.